The van der Waals surface area contributed by atoms with E-state index in [9.17, 15) is 14.4 Å². The first-order valence-corrected chi connectivity index (χ1v) is 9.94. The van der Waals surface area contributed by atoms with E-state index in [2.05, 4.69) is 15.6 Å². The van der Waals surface area contributed by atoms with Crippen LogP contribution in [0.4, 0.5) is 11.5 Å². The Kier molecular flexibility index (Phi) is 7.37. The van der Waals surface area contributed by atoms with Crippen LogP contribution in [0.25, 0.3) is 0 Å². The van der Waals surface area contributed by atoms with E-state index < -0.39 is 18.5 Å². The van der Waals surface area contributed by atoms with E-state index in [4.69, 9.17) is 9.47 Å². The highest BCUT2D eigenvalue weighted by Crippen LogP contribution is 2.28. The number of benzene rings is 1. The molecule has 0 saturated heterocycles. The summed E-state index contributed by atoms with van der Waals surface area (Å²) in [6.45, 7) is -0.541. The van der Waals surface area contributed by atoms with Crippen LogP contribution in [0.15, 0.2) is 42.6 Å². The number of amides is 2. The number of nitrogens with one attached hydrogen (secondary N) is 2. The number of carbonyl (C=O) groups excluding carboxylic acids is 3. The quantitative estimate of drug-likeness (QED) is 0.674. The second kappa shape index (κ2) is 10.4. The zero-order valence-electron chi connectivity index (χ0n) is 16.8. The molecule has 0 spiro atoms. The van der Waals surface area contributed by atoms with Crippen LogP contribution < -0.4 is 15.4 Å². The van der Waals surface area contributed by atoms with Crippen LogP contribution in [0, 0.1) is 5.92 Å². The van der Waals surface area contributed by atoms with Crippen LogP contribution in [-0.4, -0.2) is 36.5 Å². The van der Waals surface area contributed by atoms with Crippen molar-refractivity contribution in [2.45, 2.75) is 32.1 Å². The van der Waals surface area contributed by atoms with Gasteiger partial charge < -0.3 is 14.8 Å². The van der Waals surface area contributed by atoms with Crippen molar-refractivity contribution in [1.82, 2.24) is 10.3 Å². The van der Waals surface area contributed by atoms with Gasteiger partial charge in [-0.1, -0.05) is 31.4 Å². The zero-order valence-corrected chi connectivity index (χ0v) is 16.8. The number of imide groups is 1. The fourth-order valence-corrected chi connectivity index (χ4v) is 3.39. The van der Waals surface area contributed by atoms with Gasteiger partial charge >= 0.3 is 5.97 Å². The highest BCUT2D eigenvalue weighted by molar-refractivity contribution is 5.99. The number of ether oxygens (including phenoxy) is 2. The van der Waals surface area contributed by atoms with E-state index in [1.54, 1.807) is 25.3 Å². The summed E-state index contributed by atoms with van der Waals surface area (Å²) in [5.41, 5.74) is 0.790. The number of pyridine rings is 1. The van der Waals surface area contributed by atoms with Crippen LogP contribution in [-0.2, 0) is 14.3 Å². The van der Waals surface area contributed by atoms with Crippen LogP contribution in [0.2, 0.25) is 0 Å². The molecule has 0 radical (unpaired) electrons. The molecule has 3 rings (SSSR count). The summed E-state index contributed by atoms with van der Waals surface area (Å²) in [6.07, 6.45) is 6.20. The van der Waals surface area contributed by atoms with Crippen molar-refractivity contribution in [2.75, 3.05) is 19.0 Å². The lowest BCUT2D eigenvalue weighted by Gasteiger charge is -2.20. The van der Waals surface area contributed by atoms with Gasteiger partial charge in [0.25, 0.3) is 5.91 Å². The van der Waals surface area contributed by atoms with Crippen LogP contribution in [0.5, 0.6) is 5.75 Å². The first-order valence-electron chi connectivity index (χ1n) is 9.94. The molecule has 8 nitrogen and oxygen atoms in total. The van der Waals surface area contributed by atoms with Crippen molar-refractivity contribution in [3.05, 3.63) is 48.2 Å². The monoisotopic (exact) mass is 411 g/mol. The van der Waals surface area contributed by atoms with Crippen LogP contribution >= 0.6 is 0 Å². The third-order valence-corrected chi connectivity index (χ3v) is 4.96. The van der Waals surface area contributed by atoms with Crippen LogP contribution in [0.1, 0.15) is 42.5 Å². The summed E-state index contributed by atoms with van der Waals surface area (Å²) in [5, 5.41) is 5.37. The fourth-order valence-electron chi connectivity index (χ4n) is 3.39. The second-order valence-electron chi connectivity index (χ2n) is 7.05. The van der Waals surface area contributed by atoms with Gasteiger partial charge in [-0.25, -0.2) is 9.78 Å². The highest BCUT2D eigenvalue weighted by Gasteiger charge is 2.23. The number of aromatic nitrogens is 1. The number of anilines is 2. The molecule has 0 aliphatic heterocycles. The van der Waals surface area contributed by atoms with Gasteiger partial charge in [-0.3, -0.25) is 14.9 Å². The Balaban J connectivity index is 1.59. The van der Waals surface area contributed by atoms with E-state index >= 15 is 0 Å². The summed E-state index contributed by atoms with van der Waals surface area (Å²) < 4.78 is 10.4. The zero-order chi connectivity index (χ0) is 21.3. The lowest BCUT2D eigenvalue weighted by atomic mass is 9.89. The number of hydrogen-bond acceptors (Lipinski definition) is 7. The van der Waals surface area contributed by atoms with Gasteiger partial charge in [0.05, 0.1) is 12.8 Å². The fraction of sp³-hybridized carbons (Fsp3) is 0.364. The molecule has 2 amide bonds. The average molecular weight is 411 g/mol. The smallest absolute Gasteiger partial charge is 0.342 e. The Hall–Kier alpha value is -3.42. The summed E-state index contributed by atoms with van der Waals surface area (Å²) in [5.74, 6) is -0.944. The van der Waals surface area contributed by atoms with Gasteiger partial charge in [-0.15, -0.1) is 0 Å². The third kappa shape index (κ3) is 5.56. The van der Waals surface area contributed by atoms with Gasteiger partial charge in [-0.05, 0) is 37.1 Å². The topological polar surface area (TPSA) is 107 Å². The maximum Gasteiger partial charge on any atom is 0.342 e. The Morgan fingerprint density at radius 3 is 2.60 bits per heavy atom. The Labute approximate surface area is 175 Å². The van der Waals surface area contributed by atoms with E-state index in [-0.39, 0.29) is 23.2 Å². The van der Waals surface area contributed by atoms with Gasteiger partial charge in [0.1, 0.15) is 17.1 Å². The van der Waals surface area contributed by atoms with Crippen molar-refractivity contribution >= 4 is 29.3 Å². The summed E-state index contributed by atoms with van der Waals surface area (Å²) in [7, 11) is 1.54. The third-order valence-electron chi connectivity index (χ3n) is 4.96. The molecule has 0 bridgehead atoms. The Morgan fingerprint density at radius 1 is 1.07 bits per heavy atom. The van der Waals surface area contributed by atoms with Crippen molar-refractivity contribution in [3.8, 4) is 5.75 Å². The molecule has 0 atom stereocenters. The minimum Gasteiger partial charge on any atom is -0.495 e. The number of hydrogen-bond donors (Lipinski definition) is 2. The molecule has 1 heterocycles. The molecule has 1 aliphatic carbocycles. The summed E-state index contributed by atoms with van der Waals surface area (Å²) in [6, 6.07) is 10.3. The molecule has 1 aromatic carbocycles. The highest BCUT2D eigenvalue weighted by atomic mass is 16.5. The molecule has 1 fully saturated rings. The second-order valence-corrected chi connectivity index (χ2v) is 7.05. The first-order chi connectivity index (χ1) is 14.6. The SMILES string of the molecule is COc1ccccc1Nc1ncccc1C(=O)OCC(=O)NC(=O)C1CCCCC1. The van der Waals surface area contributed by atoms with Crippen molar-refractivity contribution < 1.29 is 23.9 Å². The predicted molar refractivity (Wildman–Crippen MR) is 111 cm³/mol. The molecule has 30 heavy (non-hydrogen) atoms. The standard InChI is InChI=1S/C22H25N3O5/c1-29-18-12-6-5-11-17(18)24-20-16(10-7-13-23-20)22(28)30-14-19(26)25-21(27)15-8-3-2-4-9-15/h5-7,10-13,15H,2-4,8-9,14H2,1H3,(H,23,24)(H,25,26,27). The minimum absolute atomic E-state index is 0.145. The molecule has 2 aromatic rings. The number of carbonyl (C=O) groups is 3. The minimum atomic E-state index is -0.722. The number of para-hydroxylation sites is 2. The maximum atomic E-state index is 12.5. The molecule has 8 heteroatoms. The molecule has 1 aliphatic rings. The van der Waals surface area contributed by atoms with E-state index in [1.807, 2.05) is 12.1 Å². The number of nitrogens with zero attached hydrogens (tertiary/aromatic N) is 1. The van der Waals surface area contributed by atoms with Gasteiger partial charge in [0.15, 0.2) is 6.61 Å². The van der Waals surface area contributed by atoms with Crippen molar-refractivity contribution in [3.63, 3.8) is 0 Å². The lowest BCUT2D eigenvalue weighted by molar-refractivity contribution is -0.135. The molecule has 158 valence electrons. The summed E-state index contributed by atoms with van der Waals surface area (Å²) in [4.78, 5) is 40.9. The van der Waals surface area contributed by atoms with Gasteiger partial charge in [-0.2, -0.15) is 0 Å². The largest absolute Gasteiger partial charge is 0.495 e. The normalized spacial score (nSPS) is 13.9. The van der Waals surface area contributed by atoms with Crippen LogP contribution in [0.3, 0.4) is 0 Å². The van der Waals surface area contributed by atoms with Crippen molar-refractivity contribution in [2.24, 2.45) is 5.92 Å². The maximum absolute atomic E-state index is 12.5. The molecule has 2 N–H and O–H groups in total. The van der Waals surface area contributed by atoms with E-state index in [0.29, 0.717) is 11.4 Å². The Morgan fingerprint density at radius 2 is 1.83 bits per heavy atom. The molecular formula is C22H25N3O5. The predicted octanol–water partition coefficient (Wildman–Crippen LogP) is 3.21. The number of methoxy groups -OCH3 is 1. The molecule has 0 unspecified atom stereocenters. The van der Waals surface area contributed by atoms with Gasteiger partial charge in [0.2, 0.25) is 5.91 Å². The Bertz CT molecular complexity index is 909. The van der Waals surface area contributed by atoms with E-state index in [0.717, 1.165) is 32.1 Å². The number of esters is 1. The summed E-state index contributed by atoms with van der Waals surface area (Å²) >= 11 is 0. The van der Waals surface area contributed by atoms with E-state index in [1.165, 1.54) is 12.3 Å². The average Bonchev–Trinajstić information content (AvgIpc) is 2.78. The van der Waals surface area contributed by atoms with Gasteiger partial charge in [0, 0.05) is 12.1 Å². The molecule has 1 aromatic heterocycles. The lowest BCUT2D eigenvalue weighted by Crippen LogP contribution is -2.38. The molecule has 1 saturated carbocycles. The van der Waals surface area contributed by atoms with Crippen molar-refractivity contribution in [1.29, 1.82) is 0 Å². The molecular weight excluding hydrogens is 386 g/mol. The first kappa shape index (κ1) is 21.3. The number of rotatable bonds is 7.